The Morgan fingerprint density at radius 1 is 1.18 bits per heavy atom. The van der Waals surface area contributed by atoms with E-state index in [1.165, 1.54) is 5.01 Å². The molecular formula is C16H14N4O2. The van der Waals surface area contributed by atoms with Gasteiger partial charge in [-0.15, -0.1) is 0 Å². The van der Waals surface area contributed by atoms with Crippen molar-refractivity contribution in [1.82, 2.24) is 4.98 Å². The highest BCUT2D eigenvalue weighted by Gasteiger charge is 2.11. The number of fused-ring (bicyclic) bond motifs is 1. The number of nitrogens with two attached hydrogens (primary N) is 1. The van der Waals surface area contributed by atoms with E-state index in [0.29, 0.717) is 29.8 Å². The second-order valence-corrected chi connectivity index (χ2v) is 4.64. The summed E-state index contributed by atoms with van der Waals surface area (Å²) in [4.78, 5) is 4.31. The first-order chi connectivity index (χ1) is 10.8. The molecule has 6 heteroatoms. The van der Waals surface area contributed by atoms with Crippen molar-refractivity contribution in [1.29, 1.82) is 5.26 Å². The molecule has 0 amide bonds. The van der Waals surface area contributed by atoms with E-state index in [1.54, 1.807) is 18.2 Å². The molecule has 0 unspecified atom stereocenters. The fourth-order valence-corrected chi connectivity index (χ4v) is 1.97. The fraction of sp³-hybridized carbons (Fsp3) is 0.125. The van der Waals surface area contributed by atoms with Gasteiger partial charge in [0.05, 0.1) is 19.0 Å². The minimum Gasteiger partial charge on any atom is -0.457 e. The average molecular weight is 294 g/mol. The Morgan fingerprint density at radius 2 is 2.00 bits per heavy atom. The fourth-order valence-electron chi connectivity index (χ4n) is 1.97. The molecule has 3 rings (SSSR count). The van der Waals surface area contributed by atoms with Crippen LogP contribution in [0.25, 0.3) is 11.1 Å². The first kappa shape index (κ1) is 13.9. The van der Waals surface area contributed by atoms with E-state index in [9.17, 15) is 0 Å². The summed E-state index contributed by atoms with van der Waals surface area (Å²) in [7, 11) is 0. The Bertz CT molecular complexity index is 808. The molecule has 22 heavy (non-hydrogen) atoms. The molecule has 0 aliphatic rings. The molecule has 0 bridgehead atoms. The first-order valence-electron chi connectivity index (χ1n) is 6.79. The van der Waals surface area contributed by atoms with Crippen LogP contribution in [0.3, 0.4) is 0 Å². The van der Waals surface area contributed by atoms with Crippen molar-refractivity contribution in [3.05, 3.63) is 48.5 Å². The number of anilines is 1. The number of benzene rings is 2. The van der Waals surface area contributed by atoms with E-state index < -0.39 is 0 Å². The Morgan fingerprint density at radius 3 is 2.77 bits per heavy atom. The molecule has 2 N–H and O–H groups in total. The van der Waals surface area contributed by atoms with E-state index in [1.807, 2.05) is 36.4 Å². The summed E-state index contributed by atoms with van der Waals surface area (Å²) in [6, 6.07) is 17.2. The maximum atomic E-state index is 8.58. The lowest BCUT2D eigenvalue weighted by molar-refractivity contribution is 0.483. The molecule has 0 fully saturated rings. The van der Waals surface area contributed by atoms with Gasteiger partial charge in [0.15, 0.2) is 5.58 Å². The SMILES string of the molecule is N#CCCN(N)c1nc2cc(Oc3ccccc3)ccc2o1. The van der Waals surface area contributed by atoms with Gasteiger partial charge in [0, 0.05) is 6.07 Å². The second kappa shape index (κ2) is 6.16. The molecule has 3 aromatic rings. The zero-order valence-corrected chi connectivity index (χ0v) is 11.8. The molecule has 110 valence electrons. The van der Waals surface area contributed by atoms with Gasteiger partial charge in [-0.25, -0.2) is 5.84 Å². The minimum atomic E-state index is 0.280. The molecule has 0 aliphatic carbocycles. The number of ether oxygens (including phenoxy) is 1. The van der Waals surface area contributed by atoms with Gasteiger partial charge in [0.1, 0.15) is 17.0 Å². The predicted molar refractivity (Wildman–Crippen MR) is 82.3 cm³/mol. The average Bonchev–Trinajstić information content (AvgIpc) is 2.97. The maximum absolute atomic E-state index is 8.58. The lowest BCUT2D eigenvalue weighted by atomic mass is 10.3. The van der Waals surface area contributed by atoms with Gasteiger partial charge in [-0.05, 0) is 24.3 Å². The second-order valence-electron chi connectivity index (χ2n) is 4.64. The molecule has 0 radical (unpaired) electrons. The van der Waals surface area contributed by atoms with Gasteiger partial charge < -0.3 is 9.15 Å². The van der Waals surface area contributed by atoms with E-state index in [0.717, 1.165) is 5.75 Å². The molecular weight excluding hydrogens is 280 g/mol. The van der Waals surface area contributed by atoms with E-state index >= 15 is 0 Å². The van der Waals surface area contributed by atoms with Crippen molar-refractivity contribution in [3.8, 4) is 17.6 Å². The Kier molecular flexibility index (Phi) is 3.90. The van der Waals surface area contributed by atoms with Crippen molar-refractivity contribution in [3.63, 3.8) is 0 Å². The third kappa shape index (κ3) is 3.00. The number of nitrogens with zero attached hydrogens (tertiary/aromatic N) is 3. The molecule has 0 spiro atoms. The van der Waals surface area contributed by atoms with Crippen LogP contribution < -0.4 is 15.6 Å². The summed E-state index contributed by atoms with van der Waals surface area (Å²) < 4.78 is 11.3. The Balaban J connectivity index is 1.82. The van der Waals surface area contributed by atoms with Gasteiger partial charge >= 0.3 is 6.01 Å². The minimum absolute atomic E-state index is 0.280. The predicted octanol–water partition coefficient (Wildman–Crippen LogP) is 3.21. The van der Waals surface area contributed by atoms with E-state index in [4.69, 9.17) is 20.3 Å². The van der Waals surface area contributed by atoms with Crippen LogP contribution in [-0.2, 0) is 0 Å². The van der Waals surface area contributed by atoms with Crippen molar-refractivity contribution >= 4 is 17.1 Å². The molecule has 2 aromatic carbocycles. The molecule has 0 saturated heterocycles. The normalized spacial score (nSPS) is 10.4. The Labute approximate surface area is 127 Å². The van der Waals surface area contributed by atoms with Gasteiger partial charge in [-0.1, -0.05) is 18.2 Å². The van der Waals surface area contributed by atoms with Gasteiger partial charge in [0.25, 0.3) is 0 Å². The lowest BCUT2D eigenvalue weighted by Crippen LogP contribution is -2.31. The van der Waals surface area contributed by atoms with E-state index in [-0.39, 0.29) is 6.01 Å². The summed E-state index contributed by atoms with van der Waals surface area (Å²) in [6.07, 6.45) is 0.303. The Hall–Kier alpha value is -3.04. The highest BCUT2D eigenvalue weighted by molar-refractivity contribution is 5.76. The molecule has 0 aliphatic heterocycles. The van der Waals surface area contributed by atoms with Crippen LogP contribution in [-0.4, -0.2) is 11.5 Å². The highest BCUT2D eigenvalue weighted by atomic mass is 16.5. The third-order valence-corrected chi connectivity index (χ3v) is 3.04. The first-order valence-corrected chi connectivity index (χ1v) is 6.79. The van der Waals surface area contributed by atoms with Crippen LogP contribution in [0.5, 0.6) is 11.5 Å². The quantitative estimate of drug-likeness (QED) is 0.574. The zero-order chi connectivity index (χ0) is 15.4. The number of hydrogen-bond donors (Lipinski definition) is 1. The van der Waals surface area contributed by atoms with Crippen LogP contribution in [0, 0.1) is 11.3 Å². The molecule has 0 atom stereocenters. The van der Waals surface area contributed by atoms with Crippen molar-refractivity contribution in [2.24, 2.45) is 5.84 Å². The number of aromatic nitrogens is 1. The van der Waals surface area contributed by atoms with Crippen LogP contribution in [0.2, 0.25) is 0 Å². The van der Waals surface area contributed by atoms with Gasteiger partial charge in [0.2, 0.25) is 0 Å². The van der Waals surface area contributed by atoms with Crippen molar-refractivity contribution in [2.75, 3.05) is 11.6 Å². The third-order valence-electron chi connectivity index (χ3n) is 3.04. The highest BCUT2D eigenvalue weighted by Crippen LogP contribution is 2.27. The van der Waals surface area contributed by atoms with Crippen LogP contribution in [0.1, 0.15) is 6.42 Å². The van der Waals surface area contributed by atoms with Crippen molar-refractivity contribution in [2.45, 2.75) is 6.42 Å². The largest absolute Gasteiger partial charge is 0.457 e. The van der Waals surface area contributed by atoms with Gasteiger partial charge in [-0.3, -0.25) is 5.01 Å². The van der Waals surface area contributed by atoms with E-state index in [2.05, 4.69) is 4.98 Å². The lowest BCUT2D eigenvalue weighted by Gasteiger charge is -2.10. The van der Waals surface area contributed by atoms with Crippen LogP contribution in [0.15, 0.2) is 52.9 Å². The molecule has 1 heterocycles. The topological polar surface area (TPSA) is 88.3 Å². The number of hydrazine groups is 1. The monoisotopic (exact) mass is 294 g/mol. The smallest absolute Gasteiger partial charge is 0.313 e. The number of hydrogen-bond acceptors (Lipinski definition) is 6. The summed E-state index contributed by atoms with van der Waals surface area (Å²) in [5.74, 6) is 7.22. The standard InChI is InChI=1S/C16H14N4O2/c17-9-4-10-20(18)16-19-14-11-13(7-8-15(14)22-16)21-12-5-2-1-3-6-12/h1-3,5-8,11H,4,10,18H2. The zero-order valence-electron chi connectivity index (χ0n) is 11.8. The van der Waals surface area contributed by atoms with Crippen LogP contribution >= 0.6 is 0 Å². The molecule has 6 nitrogen and oxygen atoms in total. The summed E-state index contributed by atoms with van der Waals surface area (Å²) >= 11 is 0. The number of para-hydroxylation sites is 1. The van der Waals surface area contributed by atoms with Crippen LogP contribution in [0.4, 0.5) is 6.01 Å². The summed E-state index contributed by atoms with van der Waals surface area (Å²) in [5, 5.41) is 9.90. The molecule has 0 saturated carbocycles. The maximum Gasteiger partial charge on any atom is 0.313 e. The number of oxazole rings is 1. The van der Waals surface area contributed by atoms with Crippen molar-refractivity contribution < 1.29 is 9.15 Å². The summed E-state index contributed by atoms with van der Waals surface area (Å²) in [5.41, 5.74) is 1.26. The van der Waals surface area contributed by atoms with Gasteiger partial charge in [-0.2, -0.15) is 10.2 Å². The summed E-state index contributed by atoms with van der Waals surface area (Å²) in [6.45, 7) is 0.358. The molecule has 1 aromatic heterocycles. The number of rotatable bonds is 5. The number of nitriles is 1.